The van der Waals surface area contributed by atoms with E-state index in [9.17, 15) is 4.79 Å². The Kier molecular flexibility index (Phi) is 5.07. The smallest absolute Gasteiger partial charge is 0.261 e. The van der Waals surface area contributed by atoms with Crippen molar-refractivity contribution < 1.29 is 23.5 Å². The Labute approximate surface area is 168 Å². The van der Waals surface area contributed by atoms with Gasteiger partial charge in [-0.3, -0.25) is 4.79 Å². The van der Waals surface area contributed by atoms with Crippen LogP contribution in [0.25, 0.3) is 11.5 Å². The van der Waals surface area contributed by atoms with E-state index >= 15 is 0 Å². The Hall–Kier alpha value is -3.55. The predicted octanol–water partition coefficient (Wildman–Crippen LogP) is 3.28. The number of nitrogens with zero attached hydrogens (tertiary/aromatic N) is 3. The van der Waals surface area contributed by atoms with Crippen molar-refractivity contribution in [3.05, 3.63) is 48.3 Å². The van der Waals surface area contributed by atoms with Crippen LogP contribution in [0.15, 0.2) is 47.0 Å². The summed E-state index contributed by atoms with van der Waals surface area (Å²) in [4.78, 5) is 18.8. The zero-order valence-electron chi connectivity index (χ0n) is 16.4. The fraction of sp³-hybridized carbons (Fsp3) is 0.286. The Morgan fingerprint density at radius 1 is 1.03 bits per heavy atom. The van der Waals surface area contributed by atoms with E-state index in [2.05, 4.69) is 10.1 Å². The maximum absolute atomic E-state index is 12.6. The highest BCUT2D eigenvalue weighted by Gasteiger charge is 2.36. The first-order valence-electron chi connectivity index (χ1n) is 9.14. The summed E-state index contributed by atoms with van der Waals surface area (Å²) >= 11 is 0. The molecule has 8 nitrogen and oxygen atoms in total. The number of ether oxygens (including phenoxy) is 3. The third kappa shape index (κ3) is 3.49. The van der Waals surface area contributed by atoms with E-state index in [-0.39, 0.29) is 11.8 Å². The van der Waals surface area contributed by atoms with Gasteiger partial charge in [-0.15, -0.1) is 0 Å². The van der Waals surface area contributed by atoms with Crippen molar-refractivity contribution in [3.8, 4) is 28.7 Å². The van der Waals surface area contributed by atoms with Crippen molar-refractivity contribution in [2.75, 3.05) is 32.8 Å². The number of hydrogen-bond acceptors (Lipinski definition) is 7. The molecule has 1 aromatic heterocycles. The quantitative estimate of drug-likeness (QED) is 0.633. The standard InChI is InChI=1S/C21H21N3O5/c1-26-14-8-9-15(18(11-14)28-3)21-22-20(23-29-21)13-10-19(25)24(12-13)16-6-4-5-7-17(16)27-2/h4-9,11,13H,10,12H2,1-3H3. The second kappa shape index (κ2) is 7.83. The number of methoxy groups -OCH3 is 3. The highest BCUT2D eigenvalue weighted by atomic mass is 16.5. The molecule has 0 spiro atoms. The van der Waals surface area contributed by atoms with E-state index < -0.39 is 0 Å². The van der Waals surface area contributed by atoms with E-state index in [0.29, 0.717) is 47.5 Å². The molecule has 150 valence electrons. The molecule has 29 heavy (non-hydrogen) atoms. The first-order chi connectivity index (χ1) is 14.1. The van der Waals surface area contributed by atoms with Crippen molar-refractivity contribution in [1.82, 2.24) is 10.1 Å². The zero-order chi connectivity index (χ0) is 20.4. The summed E-state index contributed by atoms with van der Waals surface area (Å²) in [6, 6.07) is 12.8. The Morgan fingerprint density at radius 2 is 1.83 bits per heavy atom. The van der Waals surface area contributed by atoms with Crippen LogP contribution in [0, 0.1) is 0 Å². The number of carbonyl (C=O) groups is 1. The molecular weight excluding hydrogens is 374 g/mol. The molecule has 3 aromatic rings. The molecular formula is C21H21N3O5. The second-order valence-corrected chi connectivity index (χ2v) is 6.60. The lowest BCUT2D eigenvalue weighted by Crippen LogP contribution is -2.24. The Morgan fingerprint density at radius 3 is 2.59 bits per heavy atom. The lowest BCUT2D eigenvalue weighted by atomic mass is 10.1. The molecule has 0 N–H and O–H groups in total. The number of benzene rings is 2. The monoisotopic (exact) mass is 395 g/mol. The van der Waals surface area contributed by atoms with Gasteiger partial charge in [0.05, 0.1) is 32.6 Å². The Bertz CT molecular complexity index is 1030. The van der Waals surface area contributed by atoms with Crippen molar-refractivity contribution in [2.24, 2.45) is 0 Å². The summed E-state index contributed by atoms with van der Waals surface area (Å²) < 4.78 is 21.5. The van der Waals surface area contributed by atoms with Gasteiger partial charge in [0.25, 0.3) is 5.89 Å². The average molecular weight is 395 g/mol. The van der Waals surface area contributed by atoms with E-state index in [0.717, 1.165) is 5.69 Å². The first-order valence-corrected chi connectivity index (χ1v) is 9.14. The normalized spacial score (nSPS) is 16.2. The van der Waals surface area contributed by atoms with E-state index in [1.165, 1.54) is 0 Å². The summed E-state index contributed by atoms with van der Waals surface area (Å²) in [7, 11) is 4.74. The molecule has 1 aliphatic heterocycles. The molecule has 8 heteroatoms. The number of hydrogen-bond donors (Lipinski definition) is 0. The molecule has 0 bridgehead atoms. The highest BCUT2D eigenvalue weighted by molar-refractivity contribution is 5.97. The maximum atomic E-state index is 12.6. The summed E-state index contributed by atoms with van der Waals surface area (Å²) in [6.07, 6.45) is 0.302. The SMILES string of the molecule is COc1ccc(-c2nc(C3CC(=O)N(c4ccccc4OC)C3)no2)c(OC)c1. The molecule has 1 aliphatic rings. The molecule has 2 aromatic carbocycles. The topological polar surface area (TPSA) is 86.9 Å². The minimum absolute atomic E-state index is 0.00659. The predicted molar refractivity (Wildman–Crippen MR) is 106 cm³/mol. The highest BCUT2D eigenvalue weighted by Crippen LogP contribution is 2.37. The maximum Gasteiger partial charge on any atom is 0.261 e. The van der Waals surface area contributed by atoms with Crippen LogP contribution in [0.1, 0.15) is 18.2 Å². The second-order valence-electron chi connectivity index (χ2n) is 6.60. The molecule has 2 heterocycles. The van der Waals surface area contributed by atoms with Crippen LogP contribution >= 0.6 is 0 Å². The van der Waals surface area contributed by atoms with Gasteiger partial charge in [-0.1, -0.05) is 17.3 Å². The largest absolute Gasteiger partial charge is 0.497 e. The minimum Gasteiger partial charge on any atom is -0.497 e. The van der Waals surface area contributed by atoms with Gasteiger partial charge >= 0.3 is 0 Å². The average Bonchev–Trinajstić information content (AvgIpc) is 3.40. The van der Waals surface area contributed by atoms with Crippen LogP contribution in [-0.4, -0.2) is 43.9 Å². The van der Waals surface area contributed by atoms with Gasteiger partial charge in [0.15, 0.2) is 5.82 Å². The van der Waals surface area contributed by atoms with Crippen LogP contribution in [0.5, 0.6) is 17.2 Å². The summed E-state index contributed by atoms with van der Waals surface area (Å²) in [5.41, 5.74) is 1.40. The lowest BCUT2D eigenvalue weighted by Gasteiger charge is -2.18. The fourth-order valence-corrected chi connectivity index (χ4v) is 3.45. The van der Waals surface area contributed by atoms with Crippen molar-refractivity contribution >= 4 is 11.6 Å². The molecule has 1 atom stereocenters. The third-order valence-corrected chi connectivity index (χ3v) is 4.95. The summed E-state index contributed by atoms with van der Waals surface area (Å²) in [5.74, 6) is 2.53. The lowest BCUT2D eigenvalue weighted by molar-refractivity contribution is -0.117. The summed E-state index contributed by atoms with van der Waals surface area (Å²) in [5, 5.41) is 4.11. The number of anilines is 1. The van der Waals surface area contributed by atoms with E-state index in [1.54, 1.807) is 44.4 Å². The van der Waals surface area contributed by atoms with E-state index in [4.69, 9.17) is 18.7 Å². The molecule has 0 aliphatic carbocycles. The van der Waals surface area contributed by atoms with Crippen LogP contribution in [0.3, 0.4) is 0 Å². The van der Waals surface area contributed by atoms with E-state index in [1.807, 2.05) is 24.3 Å². The number of amides is 1. The van der Waals surface area contributed by atoms with Crippen LogP contribution < -0.4 is 19.1 Å². The van der Waals surface area contributed by atoms with Crippen LogP contribution in [0.2, 0.25) is 0 Å². The molecule has 1 saturated heterocycles. The van der Waals surface area contributed by atoms with Crippen molar-refractivity contribution in [2.45, 2.75) is 12.3 Å². The molecule has 1 amide bonds. The van der Waals surface area contributed by atoms with Crippen LogP contribution in [-0.2, 0) is 4.79 Å². The molecule has 1 fully saturated rings. The Balaban J connectivity index is 1.59. The number of carbonyl (C=O) groups excluding carboxylic acids is 1. The van der Waals surface area contributed by atoms with Crippen molar-refractivity contribution in [3.63, 3.8) is 0 Å². The minimum atomic E-state index is -0.172. The van der Waals surface area contributed by atoms with Crippen LogP contribution in [0.4, 0.5) is 5.69 Å². The zero-order valence-corrected chi connectivity index (χ0v) is 16.4. The van der Waals surface area contributed by atoms with Gasteiger partial charge in [-0.05, 0) is 24.3 Å². The molecule has 1 unspecified atom stereocenters. The molecule has 4 rings (SSSR count). The van der Waals surface area contributed by atoms with Crippen molar-refractivity contribution in [1.29, 1.82) is 0 Å². The number of para-hydroxylation sites is 2. The first kappa shape index (κ1) is 18.8. The molecule has 0 radical (unpaired) electrons. The number of aromatic nitrogens is 2. The van der Waals surface area contributed by atoms with Gasteiger partial charge in [-0.2, -0.15) is 4.98 Å². The van der Waals surface area contributed by atoms with Gasteiger partial charge in [0.2, 0.25) is 5.91 Å². The van der Waals surface area contributed by atoms with Gasteiger partial charge in [0.1, 0.15) is 17.2 Å². The van der Waals surface area contributed by atoms with Gasteiger partial charge < -0.3 is 23.6 Å². The van der Waals surface area contributed by atoms with Gasteiger partial charge in [-0.25, -0.2) is 0 Å². The molecule has 0 saturated carbocycles. The third-order valence-electron chi connectivity index (χ3n) is 4.95. The van der Waals surface area contributed by atoms with Gasteiger partial charge in [0, 0.05) is 24.9 Å². The summed E-state index contributed by atoms with van der Waals surface area (Å²) in [6.45, 7) is 0.456. The fourth-order valence-electron chi connectivity index (χ4n) is 3.45. The number of rotatable bonds is 6.